The molecular weight excluding hydrogens is 468 g/mol. The summed E-state index contributed by atoms with van der Waals surface area (Å²) in [5, 5.41) is 5.49. The Labute approximate surface area is 213 Å². The van der Waals surface area contributed by atoms with E-state index >= 15 is 0 Å². The molecule has 0 saturated heterocycles. The summed E-state index contributed by atoms with van der Waals surface area (Å²) in [6.45, 7) is 0. The second-order valence-corrected chi connectivity index (χ2v) is 8.52. The average Bonchev–Trinajstić information content (AvgIpc) is 2.94. The van der Waals surface area contributed by atoms with Crippen molar-refractivity contribution < 1.29 is 19.0 Å². The highest BCUT2D eigenvalue weighted by atomic mass is 16.5. The molecule has 0 aliphatic carbocycles. The van der Waals surface area contributed by atoms with Crippen molar-refractivity contribution in [3.8, 4) is 28.4 Å². The minimum absolute atomic E-state index is 0.162. The van der Waals surface area contributed by atoms with Crippen LogP contribution in [0.3, 0.4) is 0 Å². The maximum Gasteiger partial charge on any atom is 0.257 e. The summed E-state index contributed by atoms with van der Waals surface area (Å²) in [6, 6.07) is 24.2. The molecule has 0 atom stereocenters. The molecule has 0 bridgehead atoms. The molecule has 0 saturated carbocycles. The topological polar surface area (TPSA) is 78.8 Å². The molecule has 1 aromatic heterocycles. The third-order valence-electron chi connectivity index (χ3n) is 6.53. The van der Waals surface area contributed by atoms with Crippen LogP contribution in [0.4, 0.5) is 5.82 Å². The number of carbonyl (C=O) groups excluding carboxylic acids is 1. The number of aryl methyl sites for hydroxylation is 1. The fraction of sp³-hybridized carbons (Fsp3) is 0.133. The van der Waals surface area contributed by atoms with Gasteiger partial charge in [-0.1, -0.05) is 54.6 Å². The van der Waals surface area contributed by atoms with E-state index in [0.717, 1.165) is 16.3 Å². The van der Waals surface area contributed by atoms with E-state index in [4.69, 9.17) is 14.2 Å². The molecule has 1 heterocycles. The zero-order valence-electron chi connectivity index (χ0n) is 21.0. The Morgan fingerprint density at radius 1 is 0.784 bits per heavy atom. The number of rotatable bonds is 6. The Kier molecular flexibility index (Phi) is 6.27. The average molecular weight is 495 g/mol. The van der Waals surface area contributed by atoms with Gasteiger partial charge in [0, 0.05) is 18.0 Å². The fourth-order valence-electron chi connectivity index (χ4n) is 4.72. The maximum atomic E-state index is 13.9. The third kappa shape index (κ3) is 4.04. The van der Waals surface area contributed by atoms with Crippen LogP contribution in [0.15, 0.2) is 83.7 Å². The molecule has 5 rings (SSSR count). The first kappa shape index (κ1) is 23.9. The van der Waals surface area contributed by atoms with Crippen LogP contribution in [0.25, 0.3) is 32.8 Å². The van der Waals surface area contributed by atoms with Crippen LogP contribution in [-0.2, 0) is 7.05 Å². The van der Waals surface area contributed by atoms with Crippen molar-refractivity contribution >= 4 is 33.4 Å². The number of hydrogen-bond acceptors (Lipinski definition) is 5. The van der Waals surface area contributed by atoms with Crippen molar-refractivity contribution in [2.24, 2.45) is 7.05 Å². The number of nitrogens with one attached hydrogen (secondary N) is 1. The molecule has 0 unspecified atom stereocenters. The first-order chi connectivity index (χ1) is 18.0. The number of ether oxygens (including phenoxy) is 3. The van der Waals surface area contributed by atoms with Crippen LogP contribution in [0.2, 0.25) is 0 Å². The molecule has 0 fully saturated rings. The summed E-state index contributed by atoms with van der Waals surface area (Å²) in [5.74, 6) is 1.06. The van der Waals surface area contributed by atoms with Crippen molar-refractivity contribution in [2.75, 3.05) is 26.6 Å². The number of nitrogens with zero attached hydrogens (tertiary/aromatic N) is 1. The number of methoxy groups -OCH3 is 3. The highest BCUT2D eigenvalue weighted by molar-refractivity contribution is 6.09. The second kappa shape index (κ2) is 9.70. The molecule has 4 aromatic carbocycles. The molecular formula is C30H26N2O5. The Hall–Kier alpha value is -4.78. The predicted octanol–water partition coefficient (Wildman–Crippen LogP) is 5.64. The molecule has 7 heteroatoms. The number of fused-ring (bicyclic) bond motifs is 2. The van der Waals surface area contributed by atoms with E-state index in [9.17, 15) is 9.59 Å². The van der Waals surface area contributed by atoms with Crippen LogP contribution in [0.1, 0.15) is 10.4 Å². The summed E-state index contributed by atoms with van der Waals surface area (Å²) >= 11 is 0. The van der Waals surface area contributed by atoms with Crippen LogP contribution >= 0.6 is 0 Å². The van der Waals surface area contributed by atoms with Gasteiger partial charge in [0.25, 0.3) is 5.91 Å². The summed E-state index contributed by atoms with van der Waals surface area (Å²) in [4.78, 5) is 27.5. The molecule has 186 valence electrons. The fourth-order valence-corrected chi connectivity index (χ4v) is 4.72. The monoisotopic (exact) mass is 494 g/mol. The van der Waals surface area contributed by atoms with Crippen molar-refractivity contribution in [3.63, 3.8) is 0 Å². The molecule has 0 aliphatic heterocycles. The second-order valence-electron chi connectivity index (χ2n) is 8.52. The Bertz CT molecular complexity index is 1690. The highest BCUT2D eigenvalue weighted by Gasteiger charge is 2.22. The van der Waals surface area contributed by atoms with Gasteiger partial charge < -0.3 is 24.1 Å². The molecule has 7 nitrogen and oxygen atoms in total. The predicted molar refractivity (Wildman–Crippen MR) is 146 cm³/mol. The zero-order chi connectivity index (χ0) is 26.1. The standard InChI is InChI=1S/C30H26N2O5/c1-32-23-15-8-7-13-22(23)27(33)26(21-14-9-11-18-10-5-6-12-20(18)21)29(32)31-30(34)19-16-24(35-2)28(37-4)25(17-19)36-3/h5-17H,1-4H3,(H,31,34). The maximum absolute atomic E-state index is 13.9. The Balaban J connectivity index is 1.75. The van der Waals surface area contributed by atoms with E-state index in [1.165, 1.54) is 21.3 Å². The quantitative estimate of drug-likeness (QED) is 0.331. The van der Waals surface area contributed by atoms with Crippen molar-refractivity contribution in [2.45, 2.75) is 0 Å². The van der Waals surface area contributed by atoms with Gasteiger partial charge in [0.2, 0.25) is 5.75 Å². The van der Waals surface area contributed by atoms with Gasteiger partial charge >= 0.3 is 0 Å². The molecule has 0 aliphatic rings. The minimum Gasteiger partial charge on any atom is -0.493 e. The number of amides is 1. The van der Waals surface area contributed by atoms with Gasteiger partial charge in [0.05, 0.1) is 32.4 Å². The van der Waals surface area contributed by atoms with Gasteiger partial charge in [0.1, 0.15) is 5.82 Å². The van der Waals surface area contributed by atoms with Crippen molar-refractivity contribution in [1.29, 1.82) is 0 Å². The third-order valence-corrected chi connectivity index (χ3v) is 6.53. The van der Waals surface area contributed by atoms with Crippen LogP contribution < -0.4 is 25.0 Å². The number of aromatic nitrogens is 1. The summed E-state index contributed by atoms with van der Waals surface area (Å²) < 4.78 is 18.1. The van der Waals surface area contributed by atoms with E-state index in [0.29, 0.717) is 45.1 Å². The van der Waals surface area contributed by atoms with Crippen molar-refractivity contribution in [1.82, 2.24) is 4.57 Å². The molecule has 0 spiro atoms. The molecule has 1 amide bonds. The summed E-state index contributed by atoms with van der Waals surface area (Å²) in [5.41, 5.74) is 1.99. The Morgan fingerprint density at radius 3 is 2.08 bits per heavy atom. The van der Waals surface area contributed by atoms with Crippen molar-refractivity contribution in [3.05, 3.63) is 94.6 Å². The Morgan fingerprint density at radius 2 is 1.41 bits per heavy atom. The largest absolute Gasteiger partial charge is 0.493 e. The number of para-hydroxylation sites is 1. The smallest absolute Gasteiger partial charge is 0.257 e. The lowest BCUT2D eigenvalue weighted by Crippen LogP contribution is -2.21. The lowest BCUT2D eigenvalue weighted by Gasteiger charge is -2.20. The molecule has 0 radical (unpaired) electrons. The number of anilines is 1. The number of hydrogen-bond donors (Lipinski definition) is 1. The first-order valence-corrected chi connectivity index (χ1v) is 11.7. The zero-order valence-corrected chi connectivity index (χ0v) is 21.0. The van der Waals surface area contributed by atoms with E-state index < -0.39 is 5.91 Å². The lowest BCUT2D eigenvalue weighted by atomic mass is 9.96. The molecule has 1 N–H and O–H groups in total. The van der Waals surface area contributed by atoms with Crippen LogP contribution in [0, 0.1) is 0 Å². The summed E-state index contributed by atoms with van der Waals surface area (Å²) in [6.07, 6.45) is 0. The normalized spacial score (nSPS) is 10.9. The van der Waals surface area contributed by atoms with Gasteiger partial charge in [-0.05, 0) is 40.6 Å². The first-order valence-electron chi connectivity index (χ1n) is 11.7. The number of carbonyl (C=O) groups is 1. The van der Waals surface area contributed by atoms with Crippen LogP contribution in [0.5, 0.6) is 17.2 Å². The van der Waals surface area contributed by atoms with Gasteiger partial charge in [-0.3, -0.25) is 9.59 Å². The number of benzene rings is 4. The van der Waals surface area contributed by atoms with E-state index in [1.54, 1.807) is 18.2 Å². The summed E-state index contributed by atoms with van der Waals surface area (Å²) in [7, 11) is 6.32. The van der Waals surface area contributed by atoms with Gasteiger partial charge in [-0.25, -0.2) is 0 Å². The number of pyridine rings is 1. The molecule has 37 heavy (non-hydrogen) atoms. The highest BCUT2D eigenvalue weighted by Crippen LogP contribution is 2.39. The van der Waals surface area contributed by atoms with Gasteiger partial charge in [-0.2, -0.15) is 0 Å². The van der Waals surface area contributed by atoms with Gasteiger partial charge in [0.15, 0.2) is 16.9 Å². The molecule has 5 aromatic rings. The van der Waals surface area contributed by atoms with E-state index in [2.05, 4.69) is 5.32 Å². The van der Waals surface area contributed by atoms with E-state index in [-0.39, 0.29) is 5.43 Å². The SMILES string of the molecule is COc1cc(C(=O)Nc2c(-c3cccc4ccccc34)c(=O)c3ccccc3n2C)cc(OC)c1OC. The van der Waals surface area contributed by atoms with Crippen LogP contribution in [-0.4, -0.2) is 31.8 Å². The minimum atomic E-state index is -0.425. The van der Waals surface area contributed by atoms with Gasteiger partial charge in [-0.15, -0.1) is 0 Å². The lowest BCUT2D eigenvalue weighted by molar-refractivity contribution is 0.102. The van der Waals surface area contributed by atoms with E-state index in [1.807, 2.05) is 72.3 Å².